The lowest BCUT2D eigenvalue weighted by molar-refractivity contribution is -0.384. The lowest BCUT2D eigenvalue weighted by atomic mass is 10.1. The van der Waals surface area contributed by atoms with Crippen LogP contribution in [0.15, 0.2) is 42.5 Å². The van der Waals surface area contributed by atoms with Gasteiger partial charge in [-0.1, -0.05) is 12.1 Å². The maximum atomic E-state index is 12.7. The molecule has 138 valence electrons. The number of nitro groups is 1. The van der Waals surface area contributed by atoms with Crippen molar-refractivity contribution in [1.82, 2.24) is 0 Å². The molecule has 0 unspecified atom stereocenters. The zero-order valence-corrected chi connectivity index (χ0v) is 13.8. The highest BCUT2D eigenvalue weighted by Gasteiger charge is 2.33. The Hall–Kier alpha value is -3.10. The minimum absolute atomic E-state index is 0.00782. The molecule has 0 radical (unpaired) electrons. The molecule has 0 aliphatic heterocycles. The zero-order chi connectivity index (χ0) is 19.3. The van der Waals surface area contributed by atoms with E-state index in [1.165, 1.54) is 0 Å². The predicted molar refractivity (Wildman–Crippen MR) is 91.0 cm³/mol. The van der Waals surface area contributed by atoms with Crippen LogP contribution in [0.3, 0.4) is 0 Å². The highest BCUT2D eigenvalue weighted by molar-refractivity contribution is 5.91. The maximum Gasteiger partial charge on any atom is 0.416 e. The van der Waals surface area contributed by atoms with Crippen molar-refractivity contribution in [2.75, 3.05) is 17.2 Å². The van der Waals surface area contributed by atoms with Crippen molar-refractivity contribution >= 4 is 23.0 Å². The van der Waals surface area contributed by atoms with Crippen LogP contribution in [0, 0.1) is 17.0 Å². The summed E-state index contributed by atoms with van der Waals surface area (Å²) in [5, 5.41) is 16.3. The molecule has 0 aliphatic carbocycles. The van der Waals surface area contributed by atoms with E-state index in [-0.39, 0.29) is 24.6 Å². The second-order valence-corrected chi connectivity index (χ2v) is 5.58. The number of carbonyl (C=O) groups is 1. The number of hydrogen-bond donors (Lipinski definition) is 2. The molecule has 0 fully saturated rings. The van der Waals surface area contributed by atoms with Gasteiger partial charge in [0.25, 0.3) is 5.69 Å². The Labute approximate surface area is 147 Å². The molecule has 0 bridgehead atoms. The Kier molecular flexibility index (Phi) is 5.81. The summed E-state index contributed by atoms with van der Waals surface area (Å²) in [5.41, 5.74) is -0.283. The van der Waals surface area contributed by atoms with Gasteiger partial charge in [0.05, 0.1) is 10.5 Å². The summed E-state index contributed by atoms with van der Waals surface area (Å²) in [6, 6.07) is 9.37. The molecule has 0 aromatic heterocycles. The molecule has 0 spiro atoms. The summed E-state index contributed by atoms with van der Waals surface area (Å²) in [5.74, 6) is -0.322. The van der Waals surface area contributed by atoms with Gasteiger partial charge in [0.1, 0.15) is 5.69 Å². The van der Waals surface area contributed by atoms with E-state index < -0.39 is 22.4 Å². The number of rotatable bonds is 6. The van der Waals surface area contributed by atoms with Crippen molar-refractivity contribution in [3.8, 4) is 0 Å². The van der Waals surface area contributed by atoms with Crippen LogP contribution in [0.2, 0.25) is 0 Å². The predicted octanol–water partition coefficient (Wildman–Crippen LogP) is 4.36. The number of alkyl halides is 3. The van der Waals surface area contributed by atoms with Crippen LogP contribution in [0.1, 0.15) is 17.5 Å². The first-order valence-electron chi connectivity index (χ1n) is 7.63. The van der Waals surface area contributed by atoms with Gasteiger partial charge in [-0.3, -0.25) is 14.9 Å². The van der Waals surface area contributed by atoms with E-state index in [0.29, 0.717) is 11.8 Å². The summed E-state index contributed by atoms with van der Waals surface area (Å²) in [6.07, 6.45) is -4.68. The Morgan fingerprint density at radius 1 is 1.19 bits per heavy atom. The number of halogens is 3. The largest absolute Gasteiger partial charge is 0.416 e. The molecule has 2 N–H and O–H groups in total. The van der Waals surface area contributed by atoms with E-state index in [1.807, 2.05) is 13.0 Å². The number of nitrogens with one attached hydrogen (secondary N) is 2. The second-order valence-electron chi connectivity index (χ2n) is 5.58. The van der Waals surface area contributed by atoms with E-state index in [2.05, 4.69) is 10.6 Å². The average molecular weight is 367 g/mol. The van der Waals surface area contributed by atoms with Gasteiger partial charge < -0.3 is 10.6 Å². The van der Waals surface area contributed by atoms with E-state index >= 15 is 0 Å². The molecule has 0 saturated heterocycles. The molecule has 0 atom stereocenters. The quantitative estimate of drug-likeness (QED) is 0.587. The monoisotopic (exact) mass is 367 g/mol. The van der Waals surface area contributed by atoms with Crippen molar-refractivity contribution in [1.29, 1.82) is 0 Å². The van der Waals surface area contributed by atoms with Crippen LogP contribution in [0.5, 0.6) is 0 Å². The van der Waals surface area contributed by atoms with Gasteiger partial charge in [-0.25, -0.2) is 0 Å². The van der Waals surface area contributed by atoms with Crippen LogP contribution in [-0.4, -0.2) is 17.4 Å². The summed E-state index contributed by atoms with van der Waals surface area (Å²) < 4.78 is 38.0. The number of carbonyl (C=O) groups excluding carboxylic acids is 1. The molecular formula is C17H16F3N3O3. The molecular weight excluding hydrogens is 351 g/mol. The fraction of sp³-hybridized carbons (Fsp3) is 0.235. The topological polar surface area (TPSA) is 84.3 Å². The van der Waals surface area contributed by atoms with E-state index in [1.54, 1.807) is 18.2 Å². The van der Waals surface area contributed by atoms with Gasteiger partial charge in [-0.05, 0) is 36.8 Å². The number of hydrogen-bond acceptors (Lipinski definition) is 4. The van der Waals surface area contributed by atoms with Crippen molar-refractivity contribution in [3.05, 3.63) is 63.7 Å². The first kappa shape index (κ1) is 19.2. The molecule has 0 saturated carbocycles. The van der Waals surface area contributed by atoms with Gasteiger partial charge >= 0.3 is 6.18 Å². The number of amides is 1. The molecule has 0 aliphatic rings. The smallest absolute Gasteiger partial charge is 0.379 e. The SMILES string of the molecule is Cc1cccc(NC(=O)CCNc2ccc(C(F)(F)F)cc2[N+](=O)[O-])c1. The molecule has 1 amide bonds. The van der Waals surface area contributed by atoms with Gasteiger partial charge in [-0.15, -0.1) is 0 Å². The Morgan fingerprint density at radius 3 is 2.54 bits per heavy atom. The summed E-state index contributed by atoms with van der Waals surface area (Å²) >= 11 is 0. The van der Waals surface area contributed by atoms with Gasteiger partial charge in [-0.2, -0.15) is 13.2 Å². The third-order valence-electron chi connectivity index (χ3n) is 3.49. The van der Waals surface area contributed by atoms with Crippen molar-refractivity contribution in [2.24, 2.45) is 0 Å². The summed E-state index contributed by atoms with van der Waals surface area (Å²) in [6.45, 7) is 1.91. The van der Waals surface area contributed by atoms with E-state index in [0.717, 1.165) is 17.7 Å². The second kappa shape index (κ2) is 7.85. The van der Waals surface area contributed by atoms with Crippen LogP contribution < -0.4 is 10.6 Å². The first-order valence-corrected chi connectivity index (χ1v) is 7.63. The van der Waals surface area contributed by atoms with E-state index in [4.69, 9.17) is 0 Å². The van der Waals surface area contributed by atoms with Crippen LogP contribution in [0.4, 0.5) is 30.2 Å². The third kappa shape index (κ3) is 5.20. The molecule has 0 heterocycles. The van der Waals surface area contributed by atoms with Gasteiger partial charge in [0.15, 0.2) is 0 Å². The third-order valence-corrected chi connectivity index (χ3v) is 3.49. The maximum absolute atomic E-state index is 12.7. The Morgan fingerprint density at radius 2 is 1.92 bits per heavy atom. The molecule has 6 nitrogen and oxygen atoms in total. The van der Waals surface area contributed by atoms with Crippen molar-refractivity contribution < 1.29 is 22.9 Å². The molecule has 26 heavy (non-hydrogen) atoms. The van der Waals surface area contributed by atoms with E-state index in [9.17, 15) is 28.1 Å². The summed E-state index contributed by atoms with van der Waals surface area (Å²) in [7, 11) is 0. The standard InChI is InChI=1S/C17H16F3N3O3/c1-11-3-2-4-13(9-11)22-16(24)7-8-21-14-6-5-12(17(18,19)20)10-15(14)23(25)26/h2-6,9-10,21H,7-8H2,1H3,(H,22,24). The minimum atomic E-state index is -4.67. The number of aryl methyl sites for hydroxylation is 1. The average Bonchev–Trinajstić information content (AvgIpc) is 2.53. The van der Waals surface area contributed by atoms with Gasteiger partial charge in [0, 0.05) is 24.7 Å². The number of benzene rings is 2. The normalized spacial score (nSPS) is 11.1. The van der Waals surface area contributed by atoms with Crippen LogP contribution >= 0.6 is 0 Å². The number of nitrogens with zero attached hydrogens (tertiary/aromatic N) is 1. The van der Waals surface area contributed by atoms with Crippen LogP contribution in [0.25, 0.3) is 0 Å². The molecule has 2 rings (SSSR count). The zero-order valence-electron chi connectivity index (χ0n) is 13.8. The van der Waals surface area contributed by atoms with Crippen molar-refractivity contribution in [2.45, 2.75) is 19.5 Å². The fourth-order valence-corrected chi connectivity index (χ4v) is 2.27. The Balaban J connectivity index is 1.98. The molecule has 9 heteroatoms. The Bertz CT molecular complexity index is 822. The highest BCUT2D eigenvalue weighted by atomic mass is 19.4. The molecule has 2 aromatic carbocycles. The van der Waals surface area contributed by atoms with Crippen molar-refractivity contribution in [3.63, 3.8) is 0 Å². The highest BCUT2D eigenvalue weighted by Crippen LogP contribution is 2.34. The fourth-order valence-electron chi connectivity index (χ4n) is 2.27. The molecule has 2 aromatic rings. The lowest BCUT2D eigenvalue weighted by Gasteiger charge is -2.11. The number of nitro benzene ring substituents is 1. The minimum Gasteiger partial charge on any atom is -0.379 e. The number of anilines is 2. The first-order chi connectivity index (χ1) is 12.2. The van der Waals surface area contributed by atoms with Gasteiger partial charge in [0.2, 0.25) is 5.91 Å². The van der Waals surface area contributed by atoms with Crippen LogP contribution in [-0.2, 0) is 11.0 Å². The summed E-state index contributed by atoms with van der Waals surface area (Å²) in [4.78, 5) is 22.0. The lowest BCUT2D eigenvalue weighted by Crippen LogP contribution is -2.17.